The van der Waals surface area contributed by atoms with Crippen LogP contribution < -0.4 is 68.9 Å². The molecule has 15 heteroatoms. The second-order valence-corrected chi connectivity index (χ2v) is 7.11. The average Bonchev–Trinajstić information content (AvgIpc) is 2.89. The van der Waals surface area contributed by atoms with E-state index in [1.54, 1.807) is 26.4 Å². The summed E-state index contributed by atoms with van der Waals surface area (Å²) in [6, 6.07) is 11.1. The van der Waals surface area contributed by atoms with E-state index in [9.17, 15) is 0 Å². The van der Waals surface area contributed by atoms with Crippen molar-refractivity contribution in [2.45, 2.75) is 0 Å². The number of morpholine rings is 2. The summed E-state index contributed by atoms with van der Waals surface area (Å²) in [6.07, 6.45) is 0. The second-order valence-electron chi connectivity index (χ2n) is 7.11. The molecule has 0 aromatic heterocycles. The smallest absolute Gasteiger partial charge is 0.426 e. The van der Waals surface area contributed by atoms with Crippen molar-refractivity contribution in [1.29, 1.82) is 10.8 Å². The molecule has 0 unspecified atom stereocenters. The van der Waals surface area contributed by atoms with Crippen molar-refractivity contribution in [3.63, 3.8) is 0 Å². The van der Waals surface area contributed by atoms with Crippen molar-refractivity contribution in [2.24, 2.45) is 0 Å². The summed E-state index contributed by atoms with van der Waals surface area (Å²) in [6.45, 7) is 6.47. The molecule has 2 heterocycles. The maximum atomic E-state index is 8.76. The molecule has 0 saturated carbocycles. The Bertz CT molecular complexity index is 921. The molecule has 0 atom stereocenters. The molecule has 0 N–H and O–H groups in total. The molecule has 2 aliphatic rings. The Labute approximate surface area is 255 Å². The third-order valence-electron chi connectivity index (χ3n) is 5.29. The Morgan fingerprint density at radius 1 is 0.649 bits per heavy atom. The van der Waals surface area contributed by atoms with Gasteiger partial charge in [-0.3, -0.25) is 0 Å². The fourth-order valence-electron chi connectivity index (χ4n) is 3.53. The monoisotopic (exact) mass is 644 g/mol. The van der Waals surface area contributed by atoms with Gasteiger partial charge in [-0.15, -0.1) is 0 Å². The minimum Gasteiger partial charge on any atom is -1.00 e. The summed E-state index contributed by atoms with van der Waals surface area (Å²) in [7, 11) is 3.13. The number of hydrogen-bond donors (Lipinski definition) is 0. The van der Waals surface area contributed by atoms with Crippen molar-refractivity contribution in [3.8, 4) is 11.5 Å². The molecule has 2 aromatic rings. The van der Waals surface area contributed by atoms with Crippen molar-refractivity contribution < 1.29 is 88.1 Å². The van der Waals surface area contributed by atoms with Gasteiger partial charge in [-0.05, 0) is 12.1 Å². The first-order valence-electron chi connectivity index (χ1n) is 10.4. The van der Waals surface area contributed by atoms with Gasteiger partial charge in [0, 0.05) is 81.3 Å². The van der Waals surface area contributed by atoms with E-state index in [1.165, 1.54) is 0 Å². The van der Waals surface area contributed by atoms with E-state index >= 15 is 0 Å². The van der Waals surface area contributed by atoms with E-state index < -0.39 is 0 Å². The van der Waals surface area contributed by atoms with Crippen LogP contribution in [0.1, 0.15) is 0 Å². The molecule has 10 nitrogen and oxygen atoms in total. The number of diazo groups is 2. The normalized spacial score (nSPS) is 13.5. The van der Waals surface area contributed by atoms with Gasteiger partial charge in [0.05, 0.1) is 40.6 Å². The van der Waals surface area contributed by atoms with Crippen LogP contribution in [0, 0.1) is 10.8 Å². The van der Waals surface area contributed by atoms with Gasteiger partial charge in [-0.25, -0.2) is 0 Å². The summed E-state index contributed by atoms with van der Waals surface area (Å²) < 4.78 is 20.9. The molecule has 2 aromatic carbocycles. The summed E-state index contributed by atoms with van der Waals surface area (Å²) in [5.74, 6) is 1.15. The van der Waals surface area contributed by atoms with Crippen LogP contribution in [0.4, 0.5) is 22.7 Å². The van der Waals surface area contributed by atoms with Crippen molar-refractivity contribution in [3.05, 3.63) is 46.4 Å². The van der Waals surface area contributed by atoms with Crippen LogP contribution >= 0.6 is 0 Å². The molecule has 2 saturated heterocycles. The van der Waals surface area contributed by atoms with Gasteiger partial charge < -0.3 is 78.4 Å². The first-order valence-corrected chi connectivity index (χ1v) is 10.4. The van der Waals surface area contributed by atoms with Crippen LogP contribution in [0.2, 0.25) is 0 Å². The molecule has 0 spiro atoms. The van der Waals surface area contributed by atoms with E-state index in [2.05, 4.69) is 19.8 Å². The van der Waals surface area contributed by atoms with E-state index in [4.69, 9.17) is 29.7 Å². The minimum atomic E-state index is 0. The second kappa shape index (κ2) is 21.2. The standard InChI is InChI=1S/2C11H14N3O2.4ClH.Zn/c2*1-15-11-8-9(2-3-10(11)13-12)14-4-6-16-7-5-14;;;;;/h2*2-3,8H,4-7H2,1H3;4*1H;/q2*+1;;;;;/p-4. The molecule has 0 bridgehead atoms. The number of hydrogen-bond acceptors (Lipinski definition) is 8. The van der Waals surface area contributed by atoms with Gasteiger partial charge in [-0.2, -0.15) is 0 Å². The number of nitrogens with zero attached hydrogens (tertiary/aromatic N) is 6. The van der Waals surface area contributed by atoms with Crippen LogP contribution in [0.5, 0.6) is 11.5 Å². The zero-order valence-electron chi connectivity index (χ0n) is 20.7. The van der Waals surface area contributed by atoms with Crippen LogP contribution in [0.3, 0.4) is 0 Å². The molecule has 2 fully saturated rings. The molecule has 0 radical (unpaired) electrons. The van der Waals surface area contributed by atoms with Gasteiger partial charge in [-0.1, -0.05) is 0 Å². The van der Waals surface area contributed by atoms with Gasteiger partial charge in [0.25, 0.3) is 0 Å². The zero-order valence-corrected chi connectivity index (χ0v) is 26.6. The number of rotatable bonds is 4. The van der Waals surface area contributed by atoms with Gasteiger partial charge >= 0.3 is 11.4 Å². The van der Waals surface area contributed by atoms with Crippen molar-refractivity contribution in [1.82, 2.24) is 0 Å². The number of halogens is 4. The number of ether oxygens (including phenoxy) is 4. The van der Waals surface area contributed by atoms with Crippen LogP contribution in [0.25, 0.3) is 9.95 Å². The minimum absolute atomic E-state index is 0. The van der Waals surface area contributed by atoms with Crippen LogP contribution in [-0.2, 0) is 29.0 Å². The Balaban J connectivity index is -0.000000550. The Hall–Kier alpha value is -1.82. The van der Waals surface area contributed by atoms with Crippen LogP contribution in [-0.4, -0.2) is 66.8 Å². The van der Waals surface area contributed by atoms with Gasteiger partial charge in [0.15, 0.2) is 9.95 Å². The first-order chi connectivity index (χ1) is 15.7. The molecule has 0 aliphatic carbocycles. The number of anilines is 2. The van der Waals surface area contributed by atoms with E-state index in [0.29, 0.717) is 22.9 Å². The predicted octanol–water partition coefficient (Wildman–Crippen LogP) is -7.95. The molecule has 37 heavy (non-hydrogen) atoms. The summed E-state index contributed by atoms with van der Waals surface area (Å²) in [5.41, 5.74) is 3.01. The molecular weight excluding hydrogens is 619 g/mol. The number of methoxy groups -OCH3 is 2. The van der Waals surface area contributed by atoms with Gasteiger partial charge in [0.2, 0.25) is 22.3 Å². The SMILES string of the molecule is COc1cc(N2CCOCC2)ccc1[N+]#N.COc1cc(N2CCOCC2)ccc1[N+]#N.[Cl-].[Cl-].[Cl-].[Cl-].[Zn]. The molecule has 4 rings (SSSR count). The summed E-state index contributed by atoms with van der Waals surface area (Å²) in [5, 5.41) is 17.5. The van der Waals surface area contributed by atoms with E-state index in [1.807, 2.05) is 24.3 Å². The predicted molar refractivity (Wildman–Crippen MR) is 122 cm³/mol. The summed E-state index contributed by atoms with van der Waals surface area (Å²) in [4.78, 5) is 10.7. The largest absolute Gasteiger partial charge is 1.00 e. The third kappa shape index (κ3) is 11.2. The fourth-order valence-corrected chi connectivity index (χ4v) is 3.53. The quantitative estimate of drug-likeness (QED) is 0.239. The Morgan fingerprint density at radius 2 is 0.973 bits per heavy atom. The Kier molecular flexibility index (Phi) is 22.7. The van der Waals surface area contributed by atoms with E-state index in [-0.39, 0.29) is 69.1 Å². The van der Waals surface area contributed by atoms with Crippen molar-refractivity contribution in [2.75, 3.05) is 76.6 Å². The Morgan fingerprint density at radius 3 is 1.24 bits per heavy atom. The molecule has 0 amide bonds. The molecular formula is C22H28Cl4N6O4Zn-2. The number of benzene rings is 2. The molecule has 202 valence electrons. The van der Waals surface area contributed by atoms with E-state index in [0.717, 1.165) is 64.0 Å². The summed E-state index contributed by atoms with van der Waals surface area (Å²) >= 11 is 0. The van der Waals surface area contributed by atoms with Crippen molar-refractivity contribution >= 4 is 22.7 Å². The average molecular weight is 648 g/mol. The maximum absolute atomic E-state index is 8.76. The maximum Gasteiger partial charge on any atom is 0.426 e. The van der Waals surface area contributed by atoms with Crippen LogP contribution in [0.15, 0.2) is 36.4 Å². The topological polar surface area (TPSA) is 99.7 Å². The first kappa shape index (κ1) is 39.7. The molecule has 2 aliphatic heterocycles. The van der Waals surface area contributed by atoms with Gasteiger partial charge in [0.1, 0.15) is 0 Å². The zero-order chi connectivity index (χ0) is 22.8. The third-order valence-corrected chi connectivity index (χ3v) is 5.29. The fraction of sp³-hybridized carbons (Fsp3) is 0.455.